The van der Waals surface area contributed by atoms with Gasteiger partial charge in [-0.3, -0.25) is 0 Å². The van der Waals surface area contributed by atoms with Crippen LogP contribution in [-0.2, 0) is 9.47 Å². The zero-order chi connectivity index (χ0) is 20.0. The summed E-state index contributed by atoms with van der Waals surface area (Å²) in [6.45, 7) is 8.47. The highest BCUT2D eigenvalue weighted by Crippen LogP contribution is 2.70. The van der Waals surface area contributed by atoms with Gasteiger partial charge in [0.1, 0.15) is 0 Å². The van der Waals surface area contributed by atoms with Crippen molar-refractivity contribution in [3.05, 3.63) is 11.6 Å². The van der Waals surface area contributed by atoms with Crippen molar-refractivity contribution in [3.63, 3.8) is 0 Å². The molecule has 0 aromatic rings. The molecule has 2 aliphatic heterocycles. The number of allylic oxidation sites excluding steroid dienone is 1. The number of fused-ring (bicyclic) bond motifs is 7. The Hall–Kier alpha value is -0.380. The molecule has 0 aromatic heterocycles. The van der Waals surface area contributed by atoms with Crippen molar-refractivity contribution in [2.45, 2.75) is 103 Å². The molecule has 6 aliphatic rings. The highest BCUT2D eigenvalue weighted by molar-refractivity contribution is 5.26. The van der Waals surface area contributed by atoms with E-state index in [4.69, 9.17) is 9.47 Å². The molecule has 1 spiro atoms. The third-order valence-corrected chi connectivity index (χ3v) is 11.0. The number of ether oxygens (including phenoxy) is 2. The van der Waals surface area contributed by atoms with Crippen LogP contribution in [0.2, 0.25) is 0 Å². The van der Waals surface area contributed by atoms with E-state index in [9.17, 15) is 5.11 Å². The maximum atomic E-state index is 10.2. The van der Waals surface area contributed by atoms with Gasteiger partial charge < -0.3 is 14.6 Å². The molecule has 0 amide bonds. The Morgan fingerprint density at radius 2 is 1.93 bits per heavy atom. The van der Waals surface area contributed by atoms with E-state index in [0.29, 0.717) is 28.8 Å². The van der Waals surface area contributed by atoms with Gasteiger partial charge in [-0.05, 0) is 92.3 Å². The van der Waals surface area contributed by atoms with Crippen molar-refractivity contribution >= 4 is 0 Å². The van der Waals surface area contributed by atoms with E-state index in [-0.39, 0.29) is 11.9 Å². The number of hydrogen-bond donors (Lipinski definition) is 1. The second-order valence-electron chi connectivity index (χ2n) is 12.0. The molecule has 1 N–H and O–H groups in total. The topological polar surface area (TPSA) is 38.7 Å². The normalized spacial score (nSPS) is 58.9. The summed E-state index contributed by atoms with van der Waals surface area (Å²) in [5.74, 6) is 3.32. The molecule has 4 aliphatic carbocycles. The Kier molecular flexibility index (Phi) is 4.21. The van der Waals surface area contributed by atoms with Crippen LogP contribution in [0.5, 0.6) is 0 Å². The predicted octanol–water partition coefficient (Wildman–Crippen LogP) is 5.47. The molecule has 3 heteroatoms. The van der Waals surface area contributed by atoms with Gasteiger partial charge in [-0.1, -0.05) is 32.4 Å². The van der Waals surface area contributed by atoms with Crippen LogP contribution >= 0.6 is 0 Å². The fraction of sp³-hybridized carbons (Fsp3) is 0.923. The first kappa shape index (κ1) is 19.3. The van der Waals surface area contributed by atoms with E-state index in [1.165, 1.54) is 44.9 Å². The Morgan fingerprint density at radius 1 is 1.07 bits per heavy atom. The molecule has 2 heterocycles. The van der Waals surface area contributed by atoms with Crippen molar-refractivity contribution < 1.29 is 14.6 Å². The van der Waals surface area contributed by atoms with Crippen LogP contribution in [0.25, 0.3) is 0 Å². The van der Waals surface area contributed by atoms with E-state index in [0.717, 1.165) is 43.6 Å². The quantitative estimate of drug-likeness (QED) is 0.548. The third kappa shape index (κ3) is 2.47. The number of aliphatic hydroxyl groups excluding tert-OH is 1. The van der Waals surface area contributed by atoms with Gasteiger partial charge in [-0.2, -0.15) is 0 Å². The SMILES string of the molecule is C[C@@H]1[C@H]2[C@@H](C[C@H]3[C@@H]4CC=C5C[C@@H](O)CC[C@]5(C)[C@H]4CC[C@]23C)O[C@@]12CCCCO2. The smallest absolute Gasteiger partial charge is 0.171 e. The fourth-order valence-corrected chi connectivity index (χ4v) is 9.56. The van der Waals surface area contributed by atoms with Gasteiger partial charge in [0, 0.05) is 12.3 Å². The van der Waals surface area contributed by atoms with Gasteiger partial charge in [-0.15, -0.1) is 0 Å². The summed E-state index contributed by atoms with van der Waals surface area (Å²) in [4.78, 5) is 0. The first-order chi connectivity index (χ1) is 13.9. The van der Waals surface area contributed by atoms with Crippen LogP contribution in [0.3, 0.4) is 0 Å². The van der Waals surface area contributed by atoms with Gasteiger partial charge in [0.2, 0.25) is 0 Å². The van der Waals surface area contributed by atoms with Crippen molar-refractivity contribution in [1.82, 2.24) is 0 Å². The summed E-state index contributed by atoms with van der Waals surface area (Å²) in [6.07, 6.45) is 14.7. The molecule has 10 atom stereocenters. The van der Waals surface area contributed by atoms with E-state index < -0.39 is 0 Å². The van der Waals surface area contributed by atoms with E-state index >= 15 is 0 Å². The summed E-state index contributed by atoms with van der Waals surface area (Å²) >= 11 is 0. The molecule has 0 unspecified atom stereocenters. The van der Waals surface area contributed by atoms with Crippen LogP contribution in [0.15, 0.2) is 11.6 Å². The molecule has 29 heavy (non-hydrogen) atoms. The zero-order valence-electron chi connectivity index (χ0n) is 18.7. The summed E-state index contributed by atoms with van der Waals surface area (Å²) in [6, 6.07) is 0. The van der Waals surface area contributed by atoms with Gasteiger partial charge in [0.05, 0.1) is 18.8 Å². The molecule has 162 valence electrons. The van der Waals surface area contributed by atoms with Crippen molar-refractivity contribution in [3.8, 4) is 0 Å². The minimum atomic E-state index is -0.274. The number of hydrogen-bond acceptors (Lipinski definition) is 3. The summed E-state index contributed by atoms with van der Waals surface area (Å²) in [5.41, 5.74) is 2.32. The van der Waals surface area contributed by atoms with Crippen LogP contribution in [0.1, 0.15) is 85.0 Å². The summed E-state index contributed by atoms with van der Waals surface area (Å²) in [7, 11) is 0. The molecule has 0 aromatic carbocycles. The molecule has 2 saturated heterocycles. The lowest BCUT2D eigenvalue weighted by Gasteiger charge is -2.58. The number of aliphatic hydroxyl groups is 1. The first-order valence-electron chi connectivity index (χ1n) is 12.6. The van der Waals surface area contributed by atoms with E-state index in [2.05, 4.69) is 26.8 Å². The zero-order valence-corrected chi connectivity index (χ0v) is 18.7. The van der Waals surface area contributed by atoms with E-state index in [1.54, 1.807) is 5.57 Å². The molecule has 0 radical (unpaired) electrons. The molecule has 3 nitrogen and oxygen atoms in total. The summed E-state index contributed by atoms with van der Waals surface area (Å²) in [5, 5.41) is 10.2. The minimum Gasteiger partial charge on any atom is -0.393 e. The van der Waals surface area contributed by atoms with Gasteiger partial charge >= 0.3 is 0 Å². The maximum Gasteiger partial charge on any atom is 0.171 e. The van der Waals surface area contributed by atoms with Crippen molar-refractivity contribution in [1.29, 1.82) is 0 Å². The van der Waals surface area contributed by atoms with Crippen LogP contribution in [-0.4, -0.2) is 29.7 Å². The monoisotopic (exact) mass is 400 g/mol. The van der Waals surface area contributed by atoms with Crippen LogP contribution in [0.4, 0.5) is 0 Å². The van der Waals surface area contributed by atoms with Crippen LogP contribution in [0, 0.1) is 40.4 Å². The molecule has 6 rings (SSSR count). The Labute approximate surface area is 176 Å². The summed E-state index contributed by atoms with van der Waals surface area (Å²) < 4.78 is 13.2. The second-order valence-corrected chi connectivity index (χ2v) is 12.0. The van der Waals surface area contributed by atoms with E-state index in [1.807, 2.05) is 0 Å². The third-order valence-electron chi connectivity index (χ3n) is 11.0. The molecular formula is C26H40O3. The average Bonchev–Trinajstić information content (AvgIpc) is 3.14. The average molecular weight is 401 g/mol. The first-order valence-corrected chi connectivity index (χ1v) is 12.6. The number of rotatable bonds is 0. The Morgan fingerprint density at radius 3 is 2.72 bits per heavy atom. The fourth-order valence-electron chi connectivity index (χ4n) is 9.56. The Balaban J connectivity index is 1.30. The standard InChI is InChI=1S/C26H40O3/c1-16-23-22(29-26(16)10-4-5-13-28-26)15-21-19-7-6-17-14-18(27)8-11-24(17,2)20(19)9-12-25(21,23)3/h6,16,18-23,27H,4-5,7-15H2,1-3H3/t16-,18+,19-,20+,21+,22-,23+,24+,25+,26+/m1/s1. The van der Waals surface area contributed by atoms with Gasteiger partial charge in [-0.25, -0.2) is 0 Å². The minimum absolute atomic E-state index is 0.105. The largest absolute Gasteiger partial charge is 0.393 e. The lowest BCUT2D eigenvalue weighted by atomic mass is 9.47. The van der Waals surface area contributed by atoms with Gasteiger partial charge in [0.15, 0.2) is 5.79 Å². The van der Waals surface area contributed by atoms with Crippen molar-refractivity contribution in [2.75, 3.05) is 6.61 Å². The van der Waals surface area contributed by atoms with Gasteiger partial charge in [0.25, 0.3) is 0 Å². The van der Waals surface area contributed by atoms with Crippen molar-refractivity contribution in [2.24, 2.45) is 40.4 Å². The maximum absolute atomic E-state index is 10.2. The lowest BCUT2D eigenvalue weighted by molar-refractivity contribution is -0.264. The molecule has 0 bridgehead atoms. The molecular weight excluding hydrogens is 360 g/mol. The lowest BCUT2D eigenvalue weighted by Crippen LogP contribution is -2.52. The van der Waals surface area contributed by atoms with Crippen LogP contribution < -0.4 is 0 Å². The highest BCUT2D eigenvalue weighted by Gasteiger charge is 2.68. The molecule has 5 fully saturated rings. The predicted molar refractivity (Wildman–Crippen MR) is 113 cm³/mol. The second kappa shape index (κ2) is 6.33. The molecule has 3 saturated carbocycles. The highest BCUT2D eigenvalue weighted by atomic mass is 16.7. The Bertz CT molecular complexity index is 709.